The number of nitrogens with zero attached hydrogens (tertiary/aromatic N) is 5. The third kappa shape index (κ3) is 3.02. The molecule has 3 heterocycles. The summed E-state index contributed by atoms with van der Waals surface area (Å²) in [7, 11) is 3.23. The molecule has 0 aliphatic heterocycles. The number of nitrogens with two attached hydrogens (primary N) is 1. The topological polar surface area (TPSA) is 101 Å². The summed E-state index contributed by atoms with van der Waals surface area (Å²) >= 11 is 0. The molecule has 1 saturated carbocycles. The van der Waals surface area contributed by atoms with Crippen LogP contribution in [0.3, 0.4) is 0 Å². The Balaban J connectivity index is 1.80. The summed E-state index contributed by atoms with van der Waals surface area (Å²) in [6, 6.07) is 9.87. The molecule has 1 aliphatic rings. The molecule has 0 atom stereocenters. The summed E-state index contributed by atoms with van der Waals surface area (Å²) in [5.41, 5.74) is 9.99. The van der Waals surface area contributed by atoms with Crippen molar-refractivity contribution in [2.45, 2.75) is 18.9 Å². The monoisotopic (exact) mass is 388 g/mol. The van der Waals surface area contributed by atoms with E-state index in [0.29, 0.717) is 28.8 Å². The van der Waals surface area contributed by atoms with Crippen LogP contribution in [-0.2, 0) is 0 Å². The largest absolute Gasteiger partial charge is 0.497 e. The van der Waals surface area contributed by atoms with Gasteiger partial charge in [0.2, 0.25) is 5.95 Å². The molecule has 0 radical (unpaired) electrons. The van der Waals surface area contributed by atoms with Crippen molar-refractivity contribution < 1.29 is 9.47 Å². The first-order valence-electron chi connectivity index (χ1n) is 9.37. The van der Waals surface area contributed by atoms with Crippen LogP contribution in [0.25, 0.3) is 33.8 Å². The van der Waals surface area contributed by atoms with Crippen molar-refractivity contribution in [1.82, 2.24) is 24.5 Å². The maximum atomic E-state index is 6.10. The van der Waals surface area contributed by atoms with Crippen LogP contribution in [0.4, 0.5) is 5.95 Å². The Morgan fingerprint density at radius 2 is 1.62 bits per heavy atom. The van der Waals surface area contributed by atoms with Crippen LogP contribution in [0.15, 0.2) is 42.7 Å². The average molecular weight is 388 g/mol. The number of hydrogen-bond donors (Lipinski definition) is 1. The number of aromatic nitrogens is 5. The second kappa shape index (κ2) is 6.73. The molecule has 146 valence electrons. The summed E-state index contributed by atoms with van der Waals surface area (Å²) in [6.07, 6.45) is 5.71. The van der Waals surface area contributed by atoms with Crippen molar-refractivity contribution in [2.24, 2.45) is 0 Å². The number of rotatable bonds is 5. The highest BCUT2D eigenvalue weighted by Crippen LogP contribution is 2.42. The molecule has 0 saturated heterocycles. The van der Waals surface area contributed by atoms with E-state index in [-0.39, 0.29) is 5.95 Å². The van der Waals surface area contributed by atoms with Gasteiger partial charge in [-0.25, -0.2) is 9.97 Å². The van der Waals surface area contributed by atoms with Gasteiger partial charge in [0.1, 0.15) is 28.5 Å². The van der Waals surface area contributed by atoms with Crippen molar-refractivity contribution >= 4 is 17.1 Å². The second-order valence-corrected chi connectivity index (χ2v) is 6.98. The van der Waals surface area contributed by atoms with Gasteiger partial charge in [0.25, 0.3) is 0 Å². The maximum absolute atomic E-state index is 6.10. The van der Waals surface area contributed by atoms with Gasteiger partial charge in [0.15, 0.2) is 5.65 Å². The number of anilines is 1. The van der Waals surface area contributed by atoms with Gasteiger partial charge in [0, 0.05) is 35.6 Å². The zero-order chi connectivity index (χ0) is 20.0. The van der Waals surface area contributed by atoms with E-state index in [4.69, 9.17) is 20.2 Å². The standard InChI is InChI=1S/C21H20N6O2/c1-28-15-9-13(10-16(11-15)29-2)17-18-20(26-21(22)25-17)27(14-3-4-14)19(24-18)12-5-7-23-8-6-12/h5-11,14H,3-4H2,1-2H3,(H2,22,25,26). The van der Waals surface area contributed by atoms with Gasteiger partial charge in [-0.15, -0.1) is 0 Å². The molecular weight excluding hydrogens is 368 g/mol. The molecule has 1 aromatic carbocycles. The molecule has 8 heteroatoms. The highest BCUT2D eigenvalue weighted by atomic mass is 16.5. The summed E-state index contributed by atoms with van der Waals surface area (Å²) < 4.78 is 13.0. The molecule has 0 spiro atoms. The number of ether oxygens (including phenoxy) is 2. The third-order valence-electron chi connectivity index (χ3n) is 5.03. The molecule has 0 unspecified atom stereocenters. The molecular formula is C21H20N6O2. The summed E-state index contributed by atoms with van der Waals surface area (Å²) in [5.74, 6) is 2.39. The molecule has 0 bridgehead atoms. The molecule has 0 amide bonds. The third-order valence-corrected chi connectivity index (χ3v) is 5.03. The SMILES string of the molecule is COc1cc(OC)cc(-c2nc(N)nc3c2nc(-c2ccncc2)n3C2CC2)c1. The number of benzene rings is 1. The Morgan fingerprint density at radius 3 is 2.24 bits per heavy atom. The second-order valence-electron chi connectivity index (χ2n) is 6.98. The van der Waals surface area contributed by atoms with Crippen LogP contribution in [0.5, 0.6) is 11.5 Å². The summed E-state index contributed by atoms with van der Waals surface area (Å²) in [5, 5.41) is 0. The van der Waals surface area contributed by atoms with Crippen LogP contribution >= 0.6 is 0 Å². The van der Waals surface area contributed by atoms with Crippen LogP contribution in [0.2, 0.25) is 0 Å². The number of hydrogen-bond acceptors (Lipinski definition) is 7. The highest BCUT2D eigenvalue weighted by Gasteiger charge is 2.31. The molecule has 4 aromatic rings. The van der Waals surface area contributed by atoms with E-state index in [2.05, 4.69) is 19.5 Å². The highest BCUT2D eigenvalue weighted by molar-refractivity contribution is 5.91. The first-order chi connectivity index (χ1) is 14.2. The molecule has 8 nitrogen and oxygen atoms in total. The Hall–Kier alpha value is -3.68. The lowest BCUT2D eigenvalue weighted by atomic mass is 10.1. The molecule has 1 aliphatic carbocycles. The molecule has 1 fully saturated rings. The molecule has 29 heavy (non-hydrogen) atoms. The predicted molar refractivity (Wildman–Crippen MR) is 110 cm³/mol. The van der Waals surface area contributed by atoms with Gasteiger partial charge in [-0.1, -0.05) is 0 Å². The number of nitrogen functional groups attached to an aromatic ring is 1. The molecule has 3 aromatic heterocycles. The predicted octanol–water partition coefficient (Wildman–Crippen LogP) is 3.49. The van der Waals surface area contributed by atoms with Gasteiger partial charge >= 0.3 is 0 Å². The van der Waals surface area contributed by atoms with E-state index in [1.165, 1.54) is 0 Å². The van der Waals surface area contributed by atoms with E-state index in [9.17, 15) is 0 Å². The van der Waals surface area contributed by atoms with Crippen molar-refractivity contribution in [2.75, 3.05) is 20.0 Å². The lowest BCUT2D eigenvalue weighted by Crippen LogP contribution is -2.02. The summed E-state index contributed by atoms with van der Waals surface area (Å²) in [6.45, 7) is 0. The average Bonchev–Trinajstić information content (AvgIpc) is 3.53. The zero-order valence-electron chi connectivity index (χ0n) is 16.2. The normalized spacial score (nSPS) is 13.6. The van der Waals surface area contributed by atoms with Crippen molar-refractivity contribution in [3.8, 4) is 34.1 Å². The Kier molecular flexibility index (Phi) is 4.04. The Bertz CT molecular complexity index is 1180. The van der Waals surface area contributed by atoms with Crippen LogP contribution in [-0.4, -0.2) is 38.7 Å². The quantitative estimate of drug-likeness (QED) is 0.558. The van der Waals surface area contributed by atoms with Gasteiger partial charge in [-0.2, -0.15) is 4.98 Å². The van der Waals surface area contributed by atoms with E-state index in [1.54, 1.807) is 26.6 Å². The van der Waals surface area contributed by atoms with Gasteiger partial charge < -0.3 is 19.8 Å². The maximum Gasteiger partial charge on any atom is 0.222 e. The fraction of sp³-hybridized carbons (Fsp3) is 0.238. The molecule has 2 N–H and O–H groups in total. The van der Waals surface area contributed by atoms with Gasteiger partial charge in [-0.3, -0.25) is 4.98 Å². The van der Waals surface area contributed by atoms with Gasteiger partial charge in [-0.05, 0) is 37.1 Å². The minimum Gasteiger partial charge on any atom is -0.497 e. The van der Waals surface area contributed by atoms with Crippen molar-refractivity contribution in [3.63, 3.8) is 0 Å². The van der Waals surface area contributed by atoms with E-state index in [1.807, 2.05) is 30.3 Å². The van der Waals surface area contributed by atoms with E-state index >= 15 is 0 Å². The van der Waals surface area contributed by atoms with Crippen LogP contribution < -0.4 is 15.2 Å². The number of pyridine rings is 1. The Morgan fingerprint density at radius 1 is 0.931 bits per heavy atom. The van der Waals surface area contributed by atoms with E-state index in [0.717, 1.165) is 35.4 Å². The minimum absolute atomic E-state index is 0.206. The zero-order valence-corrected chi connectivity index (χ0v) is 16.2. The first-order valence-corrected chi connectivity index (χ1v) is 9.37. The van der Waals surface area contributed by atoms with Crippen LogP contribution in [0, 0.1) is 0 Å². The minimum atomic E-state index is 0.206. The van der Waals surface area contributed by atoms with Gasteiger partial charge in [0.05, 0.1) is 14.2 Å². The van der Waals surface area contributed by atoms with Crippen molar-refractivity contribution in [1.29, 1.82) is 0 Å². The lowest BCUT2D eigenvalue weighted by molar-refractivity contribution is 0.394. The smallest absolute Gasteiger partial charge is 0.222 e. The van der Waals surface area contributed by atoms with Crippen molar-refractivity contribution in [3.05, 3.63) is 42.7 Å². The number of fused-ring (bicyclic) bond motifs is 1. The Labute approximate surface area is 167 Å². The lowest BCUT2D eigenvalue weighted by Gasteiger charge is -2.09. The number of imidazole rings is 1. The van der Waals surface area contributed by atoms with Crippen LogP contribution in [0.1, 0.15) is 18.9 Å². The molecule has 5 rings (SSSR count). The number of methoxy groups -OCH3 is 2. The summed E-state index contributed by atoms with van der Waals surface area (Å²) in [4.78, 5) is 18.1. The van der Waals surface area contributed by atoms with E-state index < -0.39 is 0 Å². The fourth-order valence-corrected chi connectivity index (χ4v) is 3.52. The fourth-order valence-electron chi connectivity index (χ4n) is 3.52. The first kappa shape index (κ1) is 17.4.